The lowest BCUT2D eigenvalue weighted by molar-refractivity contribution is 0.607. The smallest absolute Gasteiger partial charge is 0.0574 e. The Balaban J connectivity index is 2.10. The summed E-state index contributed by atoms with van der Waals surface area (Å²) in [5.41, 5.74) is 1.28. The van der Waals surface area contributed by atoms with Crippen molar-refractivity contribution in [3.63, 3.8) is 0 Å². The van der Waals surface area contributed by atoms with Crippen LogP contribution >= 0.6 is 11.3 Å². The molecule has 0 fully saturated rings. The SMILES string of the molecule is CC(C)CCNc1cccc2ccsc12. The summed E-state index contributed by atoms with van der Waals surface area (Å²) in [7, 11) is 0. The van der Waals surface area contributed by atoms with Crippen molar-refractivity contribution < 1.29 is 0 Å². The van der Waals surface area contributed by atoms with Gasteiger partial charge < -0.3 is 5.32 Å². The van der Waals surface area contributed by atoms with Gasteiger partial charge in [-0.3, -0.25) is 0 Å². The molecule has 2 aromatic rings. The van der Waals surface area contributed by atoms with Gasteiger partial charge in [0.15, 0.2) is 0 Å². The Kier molecular flexibility index (Phi) is 3.27. The molecule has 2 rings (SSSR count). The van der Waals surface area contributed by atoms with Crippen molar-refractivity contribution in [2.75, 3.05) is 11.9 Å². The van der Waals surface area contributed by atoms with E-state index in [0.29, 0.717) is 0 Å². The van der Waals surface area contributed by atoms with Crippen molar-refractivity contribution in [2.24, 2.45) is 5.92 Å². The molecule has 1 nitrogen and oxygen atoms in total. The lowest BCUT2D eigenvalue weighted by atomic mass is 10.1. The molecule has 0 unspecified atom stereocenters. The first-order valence-corrected chi connectivity index (χ1v) is 6.35. The maximum atomic E-state index is 3.52. The second-order valence-electron chi connectivity index (χ2n) is 4.25. The standard InChI is InChI=1S/C13H17NS/c1-10(2)6-8-14-12-5-3-4-11-7-9-15-13(11)12/h3-5,7,9-10,14H,6,8H2,1-2H3. The highest BCUT2D eigenvalue weighted by molar-refractivity contribution is 7.17. The van der Waals surface area contributed by atoms with E-state index >= 15 is 0 Å². The highest BCUT2D eigenvalue weighted by Crippen LogP contribution is 2.28. The molecular formula is C13H17NS. The molecule has 15 heavy (non-hydrogen) atoms. The minimum Gasteiger partial charge on any atom is -0.384 e. The summed E-state index contributed by atoms with van der Waals surface area (Å²) >= 11 is 1.81. The highest BCUT2D eigenvalue weighted by Gasteiger charge is 2.01. The van der Waals surface area contributed by atoms with Crippen LogP contribution in [0.1, 0.15) is 20.3 Å². The van der Waals surface area contributed by atoms with Gasteiger partial charge in [0.05, 0.1) is 10.4 Å². The van der Waals surface area contributed by atoms with Gasteiger partial charge in [-0.15, -0.1) is 11.3 Å². The van der Waals surface area contributed by atoms with E-state index in [2.05, 4.69) is 48.8 Å². The van der Waals surface area contributed by atoms with Crippen LogP contribution in [-0.4, -0.2) is 6.54 Å². The van der Waals surface area contributed by atoms with E-state index in [4.69, 9.17) is 0 Å². The minimum atomic E-state index is 0.764. The van der Waals surface area contributed by atoms with Gasteiger partial charge >= 0.3 is 0 Å². The van der Waals surface area contributed by atoms with Crippen molar-refractivity contribution >= 4 is 27.1 Å². The van der Waals surface area contributed by atoms with Crippen molar-refractivity contribution in [3.05, 3.63) is 29.6 Å². The van der Waals surface area contributed by atoms with Gasteiger partial charge in [0.25, 0.3) is 0 Å². The second kappa shape index (κ2) is 4.67. The molecule has 0 saturated heterocycles. The number of anilines is 1. The highest BCUT2D eigenvalue weighted by atomic mass is 32.1. The first-order valence-electron chi connectivity index (χ1n) is 5.47. The Morgan fingerprint density at radius 1 is 1.27 bits per heavy atom. The third kappa shape index (κ3) is 2.51. The summed E-state index contributed by atoms with van der Waals surface area (Å²) in [6.45, 7) is 5.58. The van der Waals surface area contributed by atoms with Gasteiger partial charge in [0, 0.05) is 6.54 Å². The summed E-state index contributed by atoms with van der Waals surface area (Å²) in [4.78, 5) is 0. The van der Waals surface area contributed by atoms with Gasteiger partial charge in [-0.25, -0.2) is 0 Å². The molecule has 80 valence electrons. The minimum absolute atomic E-state index is 0.764. The number of thiophene rings is 1. The third-order valence-corrected chi connectivity index (χ3v) is 3.48. The maximum absolute atomic E-state index is 3.52. The monoisotopic (exact) mass is 219 g/mol. The largest absolute Gasteiger partial charge is 0.384 e. The fourth-order valence-corrected chi connectivity index (χ4v) is 2.52. The quantitative estimate of drug-likeness (QED) is 0.805. The summed E-state index contributed by atoms with van der Waals surface area (Å²) in [5, 5.41) is 7.01. The molecule has 1 aromatic carbocycles. The van der Waals surface area contributed by atoms with Gasteiger partial charge in [0.1, 0.15) is 0 Å². The number of benzene rings is 1. The van der Waals surface area contributed by atoms with Crippen LogP contribution < -0.4 is 5.32 Å². The first-order chi connectivity index (χ1) is 7.27. The topological polar surface area (TPSA) is 12.0 Å². The second-order valence-corrected chi connectivity index (χ2v) is 5.17. The van der Waals surface area contributed by atoms with Gasteiger partial charge in [-0.2, -0.15) is 0 Å². The lowest BCUT2D eigenvalue weighted by Crippen LogP contribution is -2.04. The number of fused-ring (bicyclic) bond motifs is 1. The van der Waals surface area contributed by atoms with Gasteiger partial charge in [-0.05, 0) is 35.2 Å². The molecule has 1 N–H and O–H groups in total. The van der Waals surface area contributed by atoms with Crippen molar-refractivity contribution in [1.29, 1.82) is 0 Å². The molecule has 2 heteroatoms. The summed E-state index contributed by atoms with van der Waals surface area (Å²) in [5.74, 6) is 0.764. The fourth-order valence-electron chi connectivity index (χ4n) is 1.63. The van der Waals surface area contributed by atoms with E-state index in [1.807, 2.05) is 11.3 Å². The summed E-state index contributed by atoms with van der Waals surface area (Å²) in [6, 6.07) is 8.62. The van der Waals surface area contributed by atoms with Crippen LogP contribution in [0, 0.1) is 5.92 Å². The number of nitrogens with one attached hydrogen (secondary N) is 1. The van der Waals surface area contributed by atoms with E-state index < -0.39 is 0 Å². The Morgan fingerprint density at radius 2 is 2.13 bits per heavy atom. The van der Waals surface area contributed by atoms with E-state index in [1.165, 1.54) is 22.2 Å². The normalized spacial score (nSPS) is 11.1. The van der Waals surface area contributed by atoms with Crippen molar-refractivity contribution in [3.8, 4) is 0 Å². The first kappa shape index (κ1) is 10.5. The molecule has 1 heterocycles. The predicted octanol–water partition coefficient (Wildman–Crippen LogP) is 4.36. The third-order valence-electron chi connectivity index (χ3n) is 2.52. The van der Waals surface area contributed by atoms with Crippen molar-refractivity contribution in [1.82, 2.24) is 0 Å². The van der Waals surface area contributed by atoms with Crippen molar-refractivity contribution in [2.45, 2.75) is 20.3 Å². The zero-order valence-corrected chi connectivity index (χ0v) is 10.1. The van der Waals surface area contributed by atoms with E-state index in [1.54, 1.807) is 0 Å². The Hall–Kier alpha value is -1.02. The van der Waals surface area contributed by atoms with Crippen LogP contribution in [0.4, 0.5) is 5.69 Å². The molecular weight excluding hydrogens is 202 g/mol. The Labute approximate surface area is 95.1 Å². The number of hydrogen-bond donors (Lipinski definition) is 1. The fraction of sp³-hybridized carbons (Fsp3) is 0.385. The lowest BCUT2D eigenvalue weighted by Gasteiger charge is -2.09. The van der Waals surface area contributed by atoms with E-state index in [-0.39, 0.29) is 0 Å². The van der Waals surface area contributed by atoms with Crippen LogP contribution in [0.3, 0.4) is 0 Å². The van der Waals surface area contributed by atoms with Crippen LogP contribution in [0.5, 0.6) is 0 Å². The zero-order chi connectivity index (χ0) is 10.7. The van der Waals surface area contributed by atoms with Crippen LogP contribution in [0.15, 0.2) is 29.6 Å². The maximum Gasteiger partial charge on any atom is 0.0574 e. The summed E-state index contributed by atoms with van der Waals surface area (Å²) in [6.07, 6.45) is 1.22. The number of hydrogen-bond acceptors (Lipinski definition) is 2. The molecule has 0 atom stereocenters. The van der Waals surface area contributed by atoms with Crippen LogP contribution in [0.2, 0.25) is 0 Å². The molecule has 0 aliphatic carbocycles. The molecule has 0 saturated carbocycles. The molecule has 0 amide bonds. The molecule has 0 aliphatic heterocycles. The zero-order valence-electron chi connectivity index (χ0n) is 9.29. The average molecular weight is 219 g/mol. The molecule has 1 aromatic heterocycles. The van der Waals surface area contributed by atoms with Crippen LogP contribution in [-0.2, 0) is 0 Å². The average Bonchev–Trinajstić information content (AvgIpc) is 2.65. The molecule has 0 radical (unpaired) electrons. The molecule has 0 spiro atoms. The predicted molar refractivity (Wildman–Crippen MR) is 69.8 cm³/mol. The number of rotatable bonds is 4. The molecule has 0 aliphatic rings. The van der Waals surface area contributed by atoms with Gasteiger partial charge in [-0.1, -0.05) is 26.0 Å². The van der Waals surface area contributed by atoms with E-state index in [9.17, 15) is 0 Å². The Morgan fingerprint density at radius 3 is 2.93 bits per heavy atom. The summed E-state index contributed by atoms with van der Waals surface area (Å²) < 4.78 is 1.38. The van der Waals surface area contributed by atoms with Gasteiger partial charge in [0.2, 0.25) is 0 Å². The van der Waals surface area contributed by atoms with E-state index in [0.717, 1.165) is 12.5 Å². The Bertz CT molecular complexity index is 431. The van der Waals surface area contributed by atoms with Crippen LogP contribution in [0.25, 0.3) is 10.1 Å². The molecule has 0 bridgehead atoms.